The number of benzene rings is 1. The smallest absolute Gasteiger partial charge is 0.251 e. The number of nitrogens with zero attached hydrogens (tertiary/aromatic N) is 2. The highest BCUT2D eigenvalue weighted by atomic mass is 32.2. The molecule has 28 heavy (non-hydrogen) atoms. The molecule has 1 aliphatic heterocycles. The van der Waals surface area contributed by atoms with Gasteiger partial charge in [0.05, 0.1) is 0 Å². The molecule has 0 unspecified atom stereocenters. The zero-order valence-corrected chi connectivity index (χ0v) is 18.7. The van der Waals surface area contributed by atoms with Crippen molar-refractivity contribution >= 4 is 17.7 Å². The van der Waals surface area contributed by atoms with Crippen molar-refractivity contribution in [1.29, 1.82) is 0 Å². The molecule has 3 rings (SSSR count). The lowest BCUT2D eigenvalue weighted by atomic mass is 9.94. The lowest BCUT2D eigenvalue weighted by Crippen LogP contribution is -2.56. The summed E-state index contributed by atoms with van der Waals surface area (Å²) in [5.74, 6) is 2.52. The number of rotatable bonds is 8. The third kappa shape index (κ3) is 5.31. The molecule has 0 atom stereocenters. The minimum Gasteiger partial charge on any atom is -0.350 e. The van der Waals surface area contributed by atoms with Crippen molar-refractivity contribution in [2.24, 2.45) is 0 Å². The molecule has 1 heterocycles. The second kappa shape index (κ2) is 10.1. The number of hydrogen-bond acceptors (Lipinski definition) is 4. The topological polar surface area (TPSA) is 35.6 Å². The zero-order valence-electron chi connectivity index (χ0n) is 17.9. The molecule has 2 aliphatic rings. The third-order valence-electron chi connectivity index (χ3n) is 6.53. The molecule has 4 nitrogen and oxygen atoms in total. The molecular formula is C23H37N3OS. The van der Waals surface area contributed by atoms with Crippen LogP contribution in [0.25, 0.3) is 0 Å². The highest BCUT2D eigenvalue weighted by Gasteiger charge is 2.40. The van der Waals surface area contributed by atoms with Crippen LogP contribution in [0, 0.1) is 0 Å². The Labute approximate surface area is 175 Å². The molecule has 1 amide bonds. The van der Waals surface area contributed by atoms with Crippen molar-refractivity contribution in [2.45, 2.75) is 64.6 Å². The Morgan fingerprint density at radius 3 is 2.39 bits per heavy atom. The van der Waals surface area contributed by atoms with Crippen molar-refractivity contribution in [3.8, 4) is 0 Å². The van der Waals surface area contributed by atoms with Gasteiger partial charge in [0.15, 0.2) is 0 Å². The maximum Gasteiger partial charge on any atom is 0.251 e. The van der Waals surface area contributed by atoms with Gasteiger partial charge in [-0.3, -0.25) is 14.6 Å². The van der Waals surface area contributed by atoms with Crippen LogP contribution in [0.15, 0.2) is 24.3 Å². The van der Waals surface area contributed by atoms with Gasteiger partial charge in [0.1, 0.15) is 0 Å². The summed E-state index contributed by atoms with van der Waals surface area (Å²) in [6.07, 6.45) is 5.02. The maximum atomic E-state index is 12.8. The van der Waals surface area contributed by atoms with Crippen molar-refractivity contribution in [3.05, 3.63) is 35.4 Å². The Morgan fingerprint density at radius 1 is 1.18 bits per heavy atom. The van der Waals surface area contributed by atoms with Crippen LogP contribution in [0.1, 0.15) is 62.4 Å². The SMILES string of the molecule is CCN(Cc1ccc(C(=O)NCC2(N3CCSCC3)CCCC2)cc1)C(C)C. The number of carbonyl (C=O) groups excluding carboxylic acids is 1. The second-order valence-electron chi connectivity index (χ2n) is 8.57. The molecule has 156 valence electrons. The van der Waals surface area contributed by atoms with E-state index in [-0.39, 0.29) is 11.4 Å². The van der Waals surface area contributed by atoms with E-state index >= 15 is 0 Å². The molecule has 0 aromatic heterocycles. The highest BCUT2D eigenvalue weighted by Crippen LogP contribution is 2.36. The van der Waals surface area contributed by atoms with Crippen LogP contribution in [0.5, 0.6) is 0 Å². The van der Waals surface area contributed by atoms with E-state index in [0.717, 1.165) is 25.2 Å². The monoisotopic (exact) mass is 403 g/mol. The first-order valence-electron chi connectivity index (χ1n) is 11.0. The lowest BCUT2D eigenvalue weighted by molar-refractivity contribution is 0.0817. The van der Waals surface area contributed by atoms with Gasteiger partial charge in [0, 0.05) is 54.8 Å². The van der Waals surface area contributed by atoms with Crippen molar-refractivity contribution in [1.82, 2.24) is 15.1 Å². The summed E-state index contributed by atoms with van der Waals surface area (Å²) in [4.78, 5) is 17.9. The van der Waals surface area contributed by atoms with Crippen molar-refractivity contribution in [3.63, 3.8) is 0 Å². The summed E-state index contributed by atoms with van der Waals surface area (Å²) >= 11 is 2.05. The minimum atomic E-state index is 0.0698. The van der Waals surface area contributed by atoms with Crippen LogP contribution in [-0.2, 0) is 6.54 Å². The molecule has 1 saturated heterocycles. The molecule has 1 aliphatic carbocycles. The lowest BCUT2D eigenvalue weighted by Gasteiger charge is -2.43. The normalized spacial score (nSPS) is 20.0. The predicted molar refractivity (Wildman–Crippen MR) is 120 cm³/mol. The third-order valence-corrected chi connectivity index (χ3v) is 7.47. The molecule has 1 N–H and O–H groups in total. The molecule has 0 bridgehead atoms. The number of hydrogen-bond donors (Lipinski definition) is 1. The number of carbonyl (C=O) groups is 1. The molecule has 0 spiro atoms. The van der Waals surface area contributed by atoms with Crippen LogP contribution in [-0.4, -0.2) is 65.0 Å². The van der Waals surface area contributed by atoms with Gasteiger partial charge >= 0.3 is 0 Å². The summed E-state index contributed by atoms with van der Waals surface area (Å²) in [6, 6.07) is 8.71. The minimum absolute atomic E-state index is 0.0698. The molecule has 1 saturated carbocycles. The first-order chi connectivity index (χ1) is 13.5. The first-order valence-corrected chi connectivity index (χ1v) is 12.1. The summed E-state index contributed by atoms with van der Waals surface area (Å²) in [5.41, 5.74) is 2.24. The standard InChI is InChI=1S/C23H37N3OS/c1-4-25(19(2)3)17-20-7-9-21(10-8-20)22(27)24-18-23(11-5-6-12-23)26-13-15-28-16-14-26/h7-10,19H,4-6,11-18H2,1-3H3,(H,24,27). The van der Waals surface area contributed by atoms with Crippen molar-refractivity contribution in [2.75, 3.05) is 37.7 Å². The van der Waals surface area contributed by atoms with E-state index in [4.69, 9.17) is 0 Å². The Kier molecular flexibility index (Phi) is 7.84. The Hall–Kier alpha value is -1.04. The molecule has 1 aromatic carbocycles. The zero-order chi connectivity index (χ0) is 20.0. The van der Waals surface area contributed by atoms with Gasteiger partial charge in [0.25, 0.3) is 5.91 Å². The van der Waals surface area contributed by atoms with Crippen LogP contribution >= 0.6 is 11.8 Å². The van der Waals surface area contributed by atoms with Gasteiger partial charge in [-0.15, -0.1) is 0 Å². The Balaban J connectivity index is 1.58. The van der Waals surface area contributed by atoms with Crippen LogP contribution < -0.4 is 5.32 Å². The van der Waals surface area contributed by atoms with Crippen LogP contribution in [0.4, 0.5) is 0 Å². The van der Waals surface area contributed by atoms with Crippen LogP contribution in [0.2, 0.25) is 0 Å². The van der Waals surface area contributed by atoms with Gasteiger partial charge in [-0.25, -0.2) is 0 Å². The van der Waals surface area contributed by atoms with E-state index in [1.54, 1.807) is 0 Å². The van der Waals surface area contributed by atoms with Gasteiger partial charge in [-0.05, 0) is 50.9 Å². The van der Waals surface area contributed by atoms with Gasteiger partial charge in [-0.1, -0.05) is 31.9 Å². The van der Waals surface area contributed by atoms with E-state index < -0.39 is 0 Å². The molecule has 0 radical (unpaired) electrons. The fraction of sp³-hybridized carbons (Fsp3) is 0.696. The Bertz CT molecular complexity index is 619. The Morgan fingerprint density at radius 2 is 1.82 bits per heavy atom. The molecule has 5 heteroatoms. The number of nitrogens with one attached hydrogen (secondary N) is 1. The fourth-order valence-electron chi connectivity index (χ4n) is 4.68. The maximum absolute atomic E-state index is 12.8. The fourth-order valence-corrected chi connectivity index (χ4v) is 5.58. The van der Waals surface area contributed by atoms with Crippen LogP contribution in [0.3, 0.4) is 0 Å². The summed E-state index contributed by atoms with van der Waals surface area (Å²) in [7, 11) is 0. The van der Waals surface area contributed by atoms with Gasteiger partial charge in [0.2, 0.25) is 0 Å². The van der Waals surface area contributed by atoms with E-state index in [1.807, 2.05) is 12.1 Å². The summed E-state index contributed by atoms with van der Waals surface area (Å²) in [5, 5.41) is 3.27. The van der Waals surface area contributed by atoms with Gasteiger partial charge in [-0.2, -0.15) is 11.8 Å². The van der Waals surface area contributed by atoms with E-state index in [2.05, 4.69) is 59.8 Å². The second-order valence-corrected chi connectivity index (χ2v) is 9.79. The predicted octanol–water partition coefficient (Wildman–Crippen LogP) is 4.01. The first kappa shape index (κ1) is 21.7. The summed E-state index contributed by atoms with van der Waals surface area (Å²) < 4.78 is 0. The summed E-state index contributed by atoms with van der Waals surface area (Å²) in [6.45, 7) is 11.7. The number of thioether (sulfide) groups is 1. The van der Waals surface area contributed by atoms with E-state index in [9.17, 15) is 4.79 Å². The highest BCUT2D eigenvalue weighted by molar-refractivity contribution is 7.99. The number of amides is 1. The molecular weight excluding hydrogens is 366 g/mol. The van der Waals surface area contributed by atoms with Crippen molar-refractivity contribution < 1.29 is 4.79 Å². The quantitative estimate of drug-likeness (QED) is 0.711. The van der Waals surface area contributed by atoms with E-state index in [0.29, 0.717) is 6.04 Å². The molecule has 1 aromatic rings. The average Bonchev–Trinajstić information content (AvgIpc) is 3.21. The largest absolute Gasteiger partial charge is 0.350 e. The average molecular weight is 404 g/mol. The molecule has 2 fully saturated rings. The van der Waals surface area contributed by atoms with Gasteiger partial charge < -0.3 is 5.32 Å². The van der Waals surface area contributed by atoms with E-state index in [1.165, 1.54) is 55.8 Å².